The van der Waals surface area contributed by atoms with Crippen LogP contribution < -0.4 is 15.8 Å². The Morgan fingerprint density at radius 3 is 2.41 bits per heavy atom. The summed E-state index contributed by atoms with van der Waals surface area (Å²) in [5.74, 6) is -0.370. The molecule has 17 heavy (non-hydrogen) atoms. The molecule has 4 N–H and O–H groups in total. The summed E-state index contributed by atoms with van der Waals surface area (Å²) in [5, 5.41) is 5.57. The largest absolute Gasteiger partial charge is 0.573 e. The first-order valence-electron chi connectivity index (χ1n) is 4.36. The van der Waals surface area contributed by atoms with E-state index in [-0.39, 0.29) is 11.6 Å². The zero-order valence-corrected chi connectivity index (χ0v) is 8.45. The molecule has 8 heteroatoms. The third-order valence-corrected chi connectivity index (χ3v) is 1.60. The Morgan fingerprint density at radius 1 is 1.35 bits per heavy atom. The van der Waals surface area contributed by atoms with Crippen molar-refractivity contribution in [2.45, 2.75) is 6.36 Å². The lowest BCUT2D eigenvalue weighted by Gasteiger charge is -2.09. The molecule has 0 aliphatic rings. The minimum Gasteiger partial charge on any atom is -0.406 e. The predicted molar refractivity (Wildman–Crippen MR) is 54.2 cm³/mol. The van der Waals surface area contributed by atoms with E-state index in [1.807, 2.05) is 0 Å². The topological polar surface area (TPSA) is 83.5 Å². The number of nitrogens with one attached hydrogen (secondary N) is 2. The van der Waals surface area contributed by atoms with Crippen LogP contribution in [0, 0.1) is 5.53 Å². The quantitative estimate of drug-likeness (QED) is 0.714. The molecule has 0 amide bonds. The molecule has 0 radical (unpaired) electrons. The summed E-state index contributed by atoms with van der Waals surface area (Å²) in [6.07, 6.45) is -3.46. The maximum absolute atomic E-state index is 11.8. The van der Waals surface area contributed by atoms with Gasteiger partial charge in [0.1, 0.15) is 5.75 Å². The molecular formula is C9H9F3N4O. The van der Waals surface area contributed by atoms with Gasteiger partial charge in [-0.05, 0) is 24.3 Å². The fraction of sp³-hybridized carbons (Fsp3) is 0.111. The van der Waals surface area contributed by atoms with E-state index in [4.69, 9.17) is 11.3 Å². The molecule has 0 heterocycles. The summed E-state index contributed by atoms with van der Waals surface area (Å²) in [7, 11) is 0. The van der Waals surface area contributed by atoms with Gasteiger partial charge >= 0.3 is 6.36 Å². The van der Waals surface area contributed by atoms with Gasteiger partial charge in [-0.2, -0.15) is 0 Å². The van der Waals surface area contributed by atoms with Crippen LogP contribution in [-0.4, -0.2) is 6.36 Å². The van der Waals surface area contributed by atoms with E-state index in [0.717, 1.165) is 12.1 Å². The number of hydrogen-bond acceptors (Lipinski definition) is 5. The van der Waals surface area contributed by atoms with Gasteiger partial charge in [0.05, 0.1) is 0 Å². The first-order valence-corrected chi connectivity index (χ1v) is 4.36. The highest BCUT2D eigenvalue weighted by Crippen LogP contribution is 2.23. The lowest BCUT2D eigenvalue weighted by atomic mass is 10.3. The number of rotatable bonds is 4. The Hall–Kier alpha value is -2.25. The van der Waals surface area contributed by atoms with E-state index in [2.05, 4.69) is 15.2 Å². The van der Waals surface area contributed by atoms with Crippen LogP contribution in [0.3, 0.4) is 0 Å². The maximum atomic E-state index is 11.8. The smallest absolute Gasteiger partial charge is 0.406 e. The minimum absolute atomic E-state index is 0.0550. The average Bonchev–Trinajstić information content (AvgIpc) is 2.25. The van der Waals surface area contributed by atoms with Gasteiger partial charge in [0.15, 0.2) is 5.82 Å². The lowest BCUT2D eigenvalue weighted by molar-refractivity contribution is -0.274. The lowest BCUT2D eigenvalue weighted by Crippen LogP contribution is -2.16. The highest BCUT2D eigenvalue weighted by molar-refractivity contribution is 5.48. The van der Waals surface area contributed by atoms with Crippen LogP contribution in [0.15, 0.2) is 41.4 Å². The number of nitrogens with zero attached hydrogens (tertiary/aromatic N) is 1. The Balaban J connectivity index is 2.65. The van der Waals surface area contributed by atoms with Gasteiger partial charge in [0.25, 0.3) is 0 Å². The summed E-state index contributed by atoms with van der Waals surface area (Å²) in [6, 6.07) is 5.04. The van der Waals surface area contributed by atoms with E-state index < -0.39 is 6.36 Å². The summed E-state index contributed by atoms with van der Waals surface area (Å²) < 4.78 is 39.2. The Labute approximate surface area is 94.6 Å². The second-order valence-corrected chi connectivity index (χ2v) is 2.90. The minimum atomic E-state index is -4.70. The zero-order valence-electron chi connectivity index (χ0n) is 8.45. The van der Waals surface area contributed by atoms with E-state index in [9.17, 15) is 13.2 Å². The van der Waals surface area contributed by atoms with Crippen LogP contribution in [0.1, 0.15) is 0 Å². The van der Waals surface area contributed by atoms with Crippen molar-refractivity contribution < 1.29 is 17.9 Å². The normalized spacial score (nSPS) is 12.1. The molecule has 5 nitrogen and oxygen atoms in total. The van der Waals surface area contributed by atoms with Gasteiger partial charge in [-0.1, -0.05) is 0 Å². The summed E-state index contributed by atoms with van der Waals surface area (Å²) >= 11 is 0. The molecule has 0 saturated heterocycles. The van der Waals surface area contributed by atoms with Crippen LogP contribution in [0.4, 0.5) is 18.9 Å². The predicted octanol–water partition coefficient (Wildman–Crippen LogP) is 2.79. The molecule has 0 spiro atoms. The first-order chi connectivity index (χ1) is 7.90. The molecule has 0 aliphatic heterocycles. The van der Waals surface area contributed by atoms with Gasteiger partial charge in [-0.15, -0.1) is 18.3 Å². The van der Waals surface area contributed by atoms with Gasteiger partial charge < -0.3 is 15.8 Å². The van der Waals surface area contributed by atoms with Crippen molar-refractivity contribution >= 4 is 5.69 Å². The number of ether oxygens (including phenoxy) is 1. The maximum Gasteiger partial charge on any atom is 0.573 e. The van der Waals surface area contributed by atoms with E-state index >= 15 is 0 Å². The molecule has 1 aromatic rings. The highest BCUT2D eigenvalue weighted by atomic mass is 19.4. The van der Waals surface area contributed by atoms with Crippen molar-refractivity contribution in [2.75, 3.05) is 5.32 Å². The number of halogens is 3. The first kappa shape index (κ1) is 12.8. The van der Waals surface area contributed by atoms with E-state index in [1.54, 1.807) is 0 Å². The molecule has 0 saturated carbocycles. The molecule has 92 valence electrons. The number of anilines is 1. The van der Waals surface area contributed by atoms with Crippen molar-refractivity contribution in [3.05, 3.63) is 36.3 Å². The number of nitrogens with two attached hydrogens (primary N) is 1. The molecule has 1 aromatic carbocycles. The van der Waals surface area contributed by atoms with E-state index in [1.165, 1.54) is 18.3 Å². The number of benzene rings is 1. The SMILES string of the molecule is N=N/C(N)=C\Nc1ccc(OC(F)(F)F)cc1. The molecule has 1 rings (SSSR count). The molecule has 0 atom stereocenters. The molecule has 0 aliphatic carbocycles. The third kappa shape index (κ3) is 4.87. The molecule has 0 aromatic heterocycles. The van der Waals surface area contributed by atoms with Crippen molar-refractivity contribution in [1.82, 2.24) is 0 Å². The fourth-order valence-corrected chi connectivity index (χ4v) is 0.942. The second kappa shape index (κ2) is 5.19. The van der Waals surface area contributed by atoms with Crippen LogP contribution in [0.2, 0.25) is 0 Å². The fourth-order valence-electron chi connectivity index (χ4n) is 0.942. The Morgan fingerprint density at radius 2 is 1.94 bits per heavy atom. The molecule has 0 unspecified atom stereocenters. The number of alkyl halides is 3. The average molecular weight is 246 g/mol. The molecule has 0 bridgehead atoms. The standard InChI is InChI=1S/C9H9F3N4O/c10-9(11,12)17-7-3-1-6(2-4-7)15-5-8(13)16-14/h1-5,14-15H,13H2/b8-5-,16-14?. The van der Waals surface area contributed by atoms with Gasteiger partial charge in [-0.25, -0.2) is 5.53 Å². The second-order valence-electron chi connectivity index (χ2n) is 2.90. The zero-order chi connectivity index (χ0) is 12.9. The van der Waals surface area contributed by atoms with Gasteiger partial charge in [-0.3, -0.25) is 0 Å². The van der Waals surface area contributed by atoms with Crippen molar-refractivity contribution in [3.8, 4) is 5.75 Å². The van der Waals surface area contributed by atoms with Gasteiger partial charge in [0, 0.05) is 11.9 Å². The Bertz CT molecular complexity index is 413. The highest BCUT2D eigenvalue weighted by Gasteiger charge is 2.30. The monoisotopic (exact) mass is 246 g/mol. The van der Waals surface area contributed by atoms with Crippen molar-refractivity contribution in [3.63, 3.8) is 0 Å². The summed E-state index contributed by atoms with van der Waals surface area (Å²) in [4.78, 5) is 0. The van der Waals surface area contributed by atoms with Crippen LogP contribution in [0.25, 0.3) is 0 Å². The summed E-state index contributed by atoms with van der Waals surface area (Å²) in [6.45, 7) is 0. The molecule has 0 fully saturated rings. The van der Waals surface area contributed by atoms with E-state index in [0.29, 0.717) is 5.69 Å². The Kier molecular flexibility index (Phi) is 3.91. The van der Waals surface area contributed by atoms with Gasteiger partial charge in [0.2, 0.25) is 0 Å². The number of hydrogen-bond donors (Lipinski definition) is 3. The van der Waals surface area contributed by atoms with Crippen LogP contribution in [-0.2, 0) is 0 Å². The molecular weight excluding hydrogens is 237 g/mol. The third-order valence-electron chi connectivity index (χ3n) is 1.60. The van der Waals surface area contributed by atoms with Crippen molar-refractivity contribution in [1.29, 1.82) is 5.53 Å². The van der Waals surface area contributed by atoms with Crippen LogP contribution >= 0.6 is 0 Å². The van der Waals surface area contributed by atoms with Crippen LogP contribution in [0.5, 0.6) is 5.75 Å². The van der Waals surface area contributed by atoms with Crippen molar-refractivity contribution in [2.24, 2.45) is 10.8 Å². The summed E-state index contributed by atoms with van der Waals surface area (Å²) in [5.41, 5.74) is 12.3.